The summed E-state index contributed by atoms with van der Waals surface area (Å²) in [4.78, 5) is 21.3. The summed E-state index contributed by atoms with van der Waals surface area (Å²) >= 11 is 0. The van der Waals surface area contributed by atoms with Crippen LogP contribution in [-0.2, 0) is 10.0 Å². The van der Waals surface area contributed by atoms with Gasteiger partial charge in [0.2, 0.25) is 16.0 Å². The molecule has 1 saturated heterocycles. The van der Waals surface area contributed by atoms with Gasteiger partial charge in [0.15, 0.2) is 0 Å². The summed E-state index contributed by atoms with van der Waals surface area (Å²) in [5.74, 6) is -0.466. The van der Waals surface area contributed by atoms with Crippen molar-refractivity contribution in [3.8, 4) is 0 Å². The number of aromatic nitrogens is 3. The lowest BCUT2D eigenvalue weighted by molar-refractivity contribution is 0.0261. The monoisotopic (exact) mass is 479 g/mol. The number of alkyl halides is 2. The third-order valence-electron chi connectivity index (χ3n) is 5.56. The quantitative estimate of drug-likeness (QED) is 0.674. The fraction of sp³-hybridized carbons (Fsp3) is 0.650. The van der Waals surface area contributed by atoms with Crippen molar-refractivity contribution >= 4 is 27.0 Å². The van der Waals surface area contributed by atoms with Crippen molar-refractivity contribution in [2.24, 2.45) is 0 Å². The van der Waals surface area contributed by atoms with E-state index in [1.807, 2.05) is 0 Å². The highest BCUT2D eigenvalue weighted by atomic mass is 32.2. The number of anilines is 1. The first-order valence-electron chi connectivity index (χ1n) is 13.7. The number of fused-ring (bicyclic) bond motifs is 1. The molecule has 2 atom stereocenters. The zero-order valence-corrected chi connectivity index (χ0v) is 17.8. The molecule has 12 heteroatoms. The Balaban J connectivity index is 1.88. The molecule has 176 valence electrons. The van der Waals surface area contributed by atoms with E-state index in [0.717, 1.165) is 12.5 Å². The van der Waals surface area contributed by atoms with Crippen LogP contribution in [0.15, 0.2) is 17.1 Å². The van der Waals surface area contributed by atoms with Gasteiger partial charge in [-0.2, -0.15) is 4.98 Å². The van der Waals surface area contributed by atoms with Gasteiger partial charge in [0.25, 0.3) is 12.0 Å². The highest BCUT2D eigenvalue weighted by Crippen LogP contribution is 2.39. The van der Waals surface area contributed by atoms with Gasteiger partial charge in [-0.1, -0.05) is 0 Å². The first-order valence-corrected chi connectivity index (χ1v) is 11.6. The number of hydrogen-bond acceptors (Lipinski definition) is 7. The Morgan fingerprint density at radius 1 is 1.44 bits per heavy atom. The van der Waals surface area contributed by atoms with E-state index in [1.54, 1.807) is 0 Å². The van der Waals surface area contributed by atoms with E-state index < -0.39 is 89.5 Å². The lowest BCUT2D eigenvalue weighted by Crippen LogP contribution is -2.42. The second-order valence-corrected chi connectivity index (χ2v) is 9.80. The number of nitrogens with zero attached hydrogens (tertiary/aromatic N) is 4. The Morgan fingerprint density at radius 3 is 2.78 bits per heavy atom. The summed E-state index contributed by atoms with van der Waals surface area (Å²) in [5, 5.41) is 13.4. The number of pyridine rings is 1. The summed E-state index contributed by atoms with van der Waals surface area (Å²) in [6.07, 6.45) is -7.85. The molecule has 2 aromatic rings. The van der Waals surface area contributed by atoms with E-state index >= 15 is 0 Å². The lowest BCUT2D eigenvalue weighted by Gasteiger charge is -2.31. The van der Waals surface area contributed by atoms with Gasteiger partial charge in [0.1, 0.15) is 7.02 Å². The average molecular weight is 480 g/mol. The SMILES string of the molecule is [2H]C(F)(F)c1cc2cnc(NC3C([2H])([2H])CN(S(C)(=O)=O)CC3([2H])[2H])nc2n([C@H]2CCC[C@@]2(O)C([2H])([2H])[2H])c1=O. The van der Waals surface area contributed by atoms with Crippen molar-refractivity contribution in [3.63, 3.8) is 0 Å². The van der Waals surface area contributed by atoms with Gasteiger partial charge in [-0.15, -0.1) is 0 Å². The van der Waals surface area contributed by atoms with E-state index in [2.05, 4.69) is 15.3 Å². The summed E-state index contributed by atoms with van der Waals surface area (Å²) in [7, 11) is -3.94. The lowest BCUT2D eigenvalue weighted by atomic mass is 9.99. The number of sulfonamides is 1. The fourth-order valence-corrected chi connectivity index (χ4v) is 4.53. The third kappa shape index (κ3) is 4.35. The number of aliphatic hydroxyl groups is 1. The molecule has 0 radical (unpaired) electrons. The molecule has 2 aromatic heterocycles. The van der Waals surface area contributed by atoms with Gasteiger partial charge in [0.05, 0.1) is 23.5 Å². The smallest absolute Gasteiger partial charge is 0.269 e. The standard InChI is InChI=1S/C20H27F2N5O4S/c1-20(29)7-3-4-15(20)27-17-12(10-14(16(21)22)18(27)28)11-23-19(25-17)24-13-5-8-26(9-6-13)32(2,30)31/h10-11,13,15-16,29H,3-9H2,1-2H3,(H,23,24,25)/t15-,20-/m0/s1/i1D3,5D2,6D2,16D. The van der Waals surface area contributed by atoms with E-state index in [0.29, 0.717) is 14.9 Å². The van der Waals surface area contributed by atoms with Gasteiger partial charge in [-0.05, 0) is 44.9 Å². The molecule has 0 unspecified atom stereocenters. The molecule has 9 nitrogen and oxygen atoms in total. The van der Waals surface area contributed by atoms with Gasteiger partial charge in [-0.25, -0.2) is 26.5 Å². The molecule has 2 N–H and O–H groups in total. The minimum atomic E-state index is -4.39. The molecule has 4 rings (SSSR count). The Morgan fingerprint density at radius 2 is 2.16 bits per heavy atom. The second kappa shape index (κ2) is 8.31. The molecule has 0 aromatic carbocycles. The van der Waals surface area contributed by atoms with Crippen LogP contribution in [0, 0.1) is 0 Å². The van der Waals surface area contributed by atoms with Crippen LogP contribution in [-0.4, -0.2) is 63.4 Å². The van der Waals surface area contributed by atoms with Gasteiger partial charge in [0, 0.05) is 40.3 Å². The van der Waals surface area contributed by atoms with Crippen LogP contribution >= 0.6 is 0 Å². The molecule has 0 amide bonds. The fourth-order valence-electron chi connectivity index (χ4n) is 3.91. The molecule has 1 aliphatic carbocycles. The number of hydrogen-bond donors (Lipinski definition) is 2. The van der Waals surface area contributed by atoms with Crippen LogP contribution in [0.25, 0.3) is 11.0 Å². The van der Waals surface area contributed by atoms with Crippen molar-refractivity contribution < 1.29 is 33.3 Å². The molecule has 2 fully saturated rings. The van der Waals surface area contributed by atoms with E-state index in [1.165, 1.54) is 0 Å². The minimum Gasteiger partial charge on any atom is -0.388 e. The summed E-state index contributed by atoms with van der Waals surface area (Å²) < 4.78 is 117. The van der Waals surface area contributed by atoms with Gasteiger partial charge >= 0.3 is 0 Å². The minimum absolute atomic E-state index is 0.0985. The maximum absolute atomic E-state index is 14.1. The average Bonchev–Trinajstić information content (AvgIpc) is 3.16. The first-order chi connectivity index (χ1) is 18.0. The maximum atomic E-state index is 14.1. The number of halogens is 2. The van der Waals surface area contributed by atoms with Crippen LogP contribution in [0.1, 0.15) is 67.8 Å². The molecule has 3 heterocycles. The van der Waals surface area contributed by atoms with Crippen LogP contribution < -0.4 is 10.9 Å². The largest absolute Gasteiger partial charge is 0.388 e. The molecule has 1 saturated carbocycles. The van der Waals surface area contributed by atoms with Gasteiger partial charge < -0.3 is 10.4 Å². The van der Waals surface area contributed by atoms with E-state index in [-0.39, 0.29) is 24.6 Å². The highest BCUT2D eigenvalue weighted by molar-refractivity contribution is 7.88. The molecule has 32 heavy (non-hydrogen) atoms. The molecule has 2 aliphatic rings. The van der Waals surface area contributed by atoms with Crippen molar-refractivity contribution in [3.05, 3.63) is 28.2 Å². The normalized spacial score (nSPS) is 33.2. The topological polar surface area (TPSA) is 117 Å². The molecular weight excluding hydrogens is 444 g/mol. The molecular formula is C20H27F2N5O4S. The molecule has 0 bridgehead atoms. The Kier molecular flexibility index (Phi) is 3.86. The van der Waals surface area contributed by atoms with Gasteiger partial charge in [-0.3, -0.25) is 9.36 Å². The van der Waals surface area contributed by atoms with Crippen molar-refractivity contribution in [2.45, 2.75) is 62.9 Å². The summed E-state index contributed by atoms with van der Waals surface area (Å²) in [6, 6.07) is -2.59. The Labute approximate surface area is 195 Å². The van der Waals surface area contributed by atoms with Crippen molar-refractivity contribution in [1.82, 2.24) is 18.8 Å². The maximum Gasteiger partial charge on any atom is 0.269 e. The van der Waals surface area contributed by atoms with Crippen molar-refractivity contribution in [1.29, 1.82) is 0 Å². The van der Waals surface area contributed by atoms with E-state index in [9.17, 15) is 27.1 Å². The van der Waals surface area contributed by atoms with Crippen LogP contribution in [0.5, 0.6) is 0 Å². The zero-order chi connectivity index (χ0) is 30.3. The Bertz CT molecular complexity index is 1480. The second-order valence-electron chi connectivity index (χ2n) is 7.82. The highest BCUT2D eigenvalue weighted by Gasteiger charge is 2.40. The molecule has 0 spiro atoms. The number of nitrogens with one attached hydrogen (secondary N) is 1. The van der Waals surface area contributed by atoms with Crippen LogP contribution in [0.4, 0.5) is 14.7 Å². The Hall–Kier alpha value is -2.18. The summed E-state index contributed by atoms with van der Waals surface area (Å²) in [5.41, 5.74) is -5.66. The van der Waals surface area contributed by atoms with E-state index in [4.69, 9.17) is 11.0 Å². The van der Waals surface area contributed by atoms with Crippen LogP contribution in [0.2, 0.25) is 0 Å². The van der Waals surface area contributed by atoms with Crippen LogP contribution in [0.3, 0.4) is 0 Å². The summed E-state index contributed by atoms with van der Waals surface area (Å²) in [6.45, 7) is -4.42. The number of rotatable bonds is 5. The zero-order valence-electron chi connectivity index (χ0n) is 25.0. The third-order valence-corrected chi connectivity index (χ3v) is 6.76. The predicted octanol–water partition coefficient (Wildman–Crippen LogP) is 2.04. The number of piperidine rings is 1. The molecule has 1 aliphatic heterocycles. The van der Waals surface area contributed by atoms with Crippen molar-refractivity contribution in [2.75, 3.05) is 24.7 Å². The first kappa shape index (κ1) is 14.9. The predicted molar refractivity (Wildman–Crippen MR) is 115 cm³/mol.